The van der Waals surface area contributed by atoms with Crippen molar-refractivity contribution < 1.29 is 9.15 Å². The first-order valence-electron chi connectivity index (χ1n) is 7.04. The molecule has 0 aliphatic heterocycles. The van der Waals surface area contributed by atoms with Gasteiger partial charge in [0.15, 0.2) is 0 Å². The number of hydrogen-bond donors (Lipinski definition) is 1. The number of nitrogens with two attached hydrogens (primary N) is 1. The van der Waals surface area contributed by atoms with Crippen molar-refractivity contribution in [2.75, 3.05) is 7.11 Å². The van der Waals surface area contributed by atoms with Crippen molar-refractivity contribution in [3.63, 3.8) is 0 Å². The van der Waals surface area contributed by atoms with Gasteiger partial charge in [0.2, 0.25) is 0 Å². The molecule has 0 saturated carbocycles. The Balaban J connectivity index is 1.84. The summed E-state index contributed by atoms with van der Waals surface area (Å²) in [5.41, 5.74) is 9.53. The zero-order chi connectivity index (χ0) is 14.8. The van der Waals surface area contributed by atoms with Crippen LogP contribution in [0.3, 0.4) is 0 Å². The fourth-order valence-electron chi connectivity index (χ4n) is 2.52. The van der Waals surface area contributed by atoms with Gasteiger partial charge in [-0.1, -0.05) is 23.8 Å². The van der Waals surface area contributed by atoms with E-state index in [9.17, 15) is 0 Å². The smallest absolute Gasteiger partial charge is 0.134 e. The molecule has 3 heteroatoms. The molecule has 1 unspecified atom stereocenters. The van der Waals surface area contributed by atoms with Gasteiger partial charge in [-0.05, 0) is 49.2 Å². The molecule has 0 aliphatic carbocycles. The molecule has 0 amide bonds. The van der Waals surface area contributed by atoms with Crippen LogP contribution in [0.2, 0.25) is 0 Å². The Labute approximate surface area is 124 Å². The lowest BCUT2D eigenvalue weighted by Gasteiger charge is -2.09. The van der Waals surface area contributed by atoms with E-state index in [1.165, 1.54) is 5.56 Å². The number of ether oxygens (including phenoxy) is 1. The highest BCUT2D eigenvalue weighted by Gasteiger charge is 2.13. The van der Waals surface area contributed by atoms with E-state index in [1.807, 2.05) is 36.4 Å². The van der Waals surface area contributed by atoms with Crippen LogP contribution in [0.15, 0.2) is 52.9 Å². The fraction of sp³-hybridized carbons (Fsp3) is 0.222. The monoisotopic (exact) mass is 281 g/mol. The number of methoxy groups -OCH3 is 1. The lowest BCUT2D eigenvalue weighted by atomic mass is 10.0. The molecule has 0 radical (unpaired) electrons. The largest absolute Gasteiger partial charge is 0.497 e. The lowest BCUT2D eigenvalue weighted by molar-refractivity contribution is 0.414. The molecule has 3 rings (SSSR count). The van der Waals surface area contributed by atoms with Gasteiger partial charge >= 0.3 is 0 Å². The highest BCUT2D eigenvalue weighted by atomic mass is 16.5. The molecule has 2 aromatic carbocycles. The first kappa shape index (κ1) is 13.7. The van der Waals surface area contributed by atoms with Crippen molar-refractivity contribution in [1.82, 2.24) is 0 Å². The summed E-state index contributed by atoms with van der Waals surface area (Å²) < 4.78 is 11.1. The Kier molecular flexibility index (Phi) is 3.67. The van der Waals surface area contributed by atoms with E-state index in [2.05, 4.69) is 19.1 Å². The van der Waals surface area contributed by atoms with Crippen molar-refractivity contribution in [3.05, 3.63) is 65.4 Å². The average molecular weight is 281 g/mol. The van der Waals surface area contributed by atoms with Crippen LogP contribution in [-0.4, -0.2) is 7.11 Å². The van der Waals surface area contributed by atoms with Crippen LogP contribution in [0.1, 0.15) is 22.9 Å². The van der Waals surface area contributed by atoms with Crippen LogP contribution < -0.4 is 10.5 Å². The minimum atomic E-state index is -0.162. The molecule has 2 N–H and O–H groups in total. The van der Waals surface area contributed by atoms with Gasteiger partial charge in [-0.25, -0.2) is 0 Å². The maximum absolute atomic E-state index is 6.29. The molecule has 0 fully saturated rings. The summed E-state index contributed by atoms with van der Waals surface area (Å²) in [4.78, 5) is 0. The summed E-state index contributed by atoms with van der Waals surface area (Å²) in [6, 6.07) is 16.0. The number of benzene rings is 2. The van der Waals surface area contributed by atoms with Crippen molar-refractivity contribution >= 4 is 11.0 Å². The third-order valence-electron chi connectivity index (χ3n) is 3.65. The Hall–Kier alpha value is -2.26. The Bertz CT molecular complexity index is 761. The third kappa shape index (κ3) is 2.93. The Morgan fingerprint density at radius 2 is 2.00 bits per heavy atom. The predicted octanol–water partition coefficient (Wildman–Crippen LogP) is 3.99. The molecule has 3 nitrogen and oxygen atoms in total. The second-order valence-electron chi connectivity index (χ2n) is 5.35. The van der Waals surface area contributed by atoms with Crippen LogP contribution in [-0.2, 0) is 6.42 Å². The normalized spacial score (nSPS) is 12.5. The number of furan rings is 1. The van der Waals surface area contributed by atoms with Crippen molar-refractivity contribution in [2.45, 2.75) is 19.4 Å². The summed E-state index contributed by atoms with van der Waals surface area (Å²) in [6.07, 6.45) is 0.718. The van der Waals surface area contributed by atoms with E-state index >= 15 is 0 Å². The van der Waals surface area contributed by atoms with Crippen molar-refractivity contribution in [2.24, 2.45) is 5.73 Å². The van der Waals surface area contributed by atoms with Crippen LogP contribution in [0.4, 0.5) is 0 Å². The summed E-state index contributed by atoms with van der Waals surface area (Å²) >= 11 is 0. The molecule has 21 heavy (non-hydrogen) atoms. The summed E-state index contributed by atoms with van der Waals surface area (Å²) in [6.45, 7) is 2.07. The fourth-order valence-corrected chi connectivity index (χ4v) is 2.52. The van der Waals surface area contributed by atoms with Gasteiger partial charge in [0, 0.05) is 5.39 Å². The molecule has 1 heterocycles. The third-order valence-corrected chi connectivity index (χ3v) is 3.65. The van der Waals surface area contributed by atoms with E-state index in [4.69, 9.17) is 14.9 Å². The van der Waals surface area contributed by atoms with Gasteiger partial charge in [0.25, 0.3) is 0 Å². The van der Waals surface area contributed by atoms with Gasteiger partial charge < -0.3 is 14.9 Å². The minimum absolute atomic E-state index is 0.162. The number of rotatable bonds is 4. The second-order valence-corrected chi connectivity index (χ2v) is 5.35. The molecule has 0 saturated heterocycles. The van der Waals surface area contributed by atoms with Gasteiger partial charge in [-0.15, -0.1) is 0 Å². The molecule has 3 aromatic rings. The maximum atomic E-state index is 6.29. The second kappa shape index (κ2) is 5.62. The SMILES string of the molecule is COc1cccc(CC(N)c2cc3cc(C)ccc3o2)c1. The number of hydrogen-bond acceptors (Lipinski definition) is 3. The van der Waals surface area contributed by atoms with Crippen LogP contribution in [0.25, 0.3) is 11.0 Å². The Morgan fingerprint density at radius 3 is 2.81 bits per heavy atom. The van der Waals surface area contributed by atoms with Crippen molar-refractivity contribution in [3.8, 4) is 5.75 Å². The molecule has 108 valence electrons. The first-order chi connectivity index (χ1) is 10.2. The molecule has 1 aromatic heterocycles. The molecule has 0 bridgehead atoms. The van der Waals surface area contributed by atoms with Crippen LogP contribution >= 0.6 is 0 Å². The van der Waals surface area contributed by atoms with Gasteiger partial charge in [-0.2, -0.15) is 0 Å². The molecule has 1 atom stereocenters. The Morgan fingerprint density at radius 1 is 1.14 bits per heavy atom. The highest BCUT2D eigenvalue weighted by Crippen LogP contribution is 2.26. The van der Waals surface area contributed by atoms with E-state index in [0.29, 0.717) is 0 Å². The molecule has 0 spiro atoms. The van der Waals surface area contributed by atoms with Crippen LogP contribution in [0, 0.1) is 6.92 Å². The van der Waals surface area contributed by atoms with Gasteiger partial charge in [0.05, 0.1) is 13.2 Å². The van der Waals surface area contributed by atoms with Crippen molar-refractivity contribution in [1.29, 1.82) is 0 Å². The topological polar surface area (TPSA) is 48.4 Å². The van der Waals surface area contributed by atoms with Gasteiger partial charge in [-0.3, -0.25) is 0 Å². The average Bonchev–Trinajstić information content (AvgIpc) is 2.90. The van der Waals surface area contributed by atoms with E-state index in [1.54, 1.807) is 7.11 Å². The lowest BCUT2D eigenvalue weighted by Crippen LogP contribution is -2.12. The standard InChI is InChI=1S/C18H19NO2/c1-12-6-7-17-14(8-12)11-18(21-17)16(19)10-13-4-3-5-15(9-13)20-2/h3-9,11,16H,10,19H2,1-2H3. The minimum Gasteiger partial charge on any atom is -0.497 e. The number of fused-ring (bicyclic) bond motifs is 1. The highest BCUT2D eigenvalue weighted by molar-refractivity contribution is 5.78. The molecular weight excluding hydrogens is 262 g/mol. The molecular formula is C18H19NO2. The summed E-state index contributed by atoms with van der Waals surface area (Å²) in [7, 11) is 1.67. The zero-order valence-corrected chi connectivity index (χ0v) is 12.3. The van der Waals surface area contributed by atoms with Crippen LogP contribution in [0.5, 0.6) is 5.75 Å². The number of aryl methyl sites for hydroxylation is 1. The quantitative estimate of drug-likeness (QED) is 0.786. The maximum Gasteiger partial charge on any atom is 0.134 e. The van der Waals surface area contributed by atoms with Gasteiger partial charge in [0.1, 0.15) is 17.1 Å². The van der Waals surface area contributed by atoms with E-state index in [-0.39, 0.29) is 6.04 Å². The summed E-state index contributed by atoms with van der Waals surface area (Å²) in [5, 5.41) is 1.10. The predicted molar refractivity (Wildman–Crippen MR) is 84.6 cm³/mol. The molecule has 0 aliphatic rings. The van der Waals surface area contributed by atoms with E-state index in [0.717, 1.165) is 34.5 Å². The summed E-state index contributed by atoms with van der Waals surface area (Å²) in [5.74, 6) is 1.67. The van der Waals surface area contributed by atoms with E-state index < -0.39 is 0 Å². The first-order valence-corrected chi connectivity index (χ1v) is 7.04. The zero-order valence-electron chi connectivity index (χ0n) is 12.3.